The van der Waals surface area contributed by atoms with Gasteiger partial charge in [-0.05, 0) is 32.3 Å². The molecule has 1 fully saturated rings. The molecule has 2 aliphatic rings. The highest BCUT2D eigenvalue weighted by molar-refractivity contribution is 6.03. The van der Waals surface area contributed by atoms with E-state index in [4.69, 9.17) is 4.42 Å². The largest absolute Gasteiger partial charge is 0.455 e. The number of Topliss-reactive ketones (excluding diaryl/α,β-unsaturated/α-hetero) is 1. The third kappa shape index (κ3) is 3.30. The highest BCUT2D eigenvalue weighted by atomic mass is 19.3. The van der Waals surface area contributed by atoms with Crippen molar-refractivity contribution in [1.82, 2.24) is 24.5 Å². The molecule has 0 spiro atoms. The van der Waals surface area contributed by atoms with Gasteiger partial charge in [-0.2, -0.15) is 14.6 Å². The lowest BCUT2D eigenvalue weighted by Gasteiger charge is -2.32. The lowest BCUT2D eigenvalue weighted by atomic mass is 9.92. The molecule has 8 nitrogen and oxygen atoms in total. The maximum absolute atomic E-state index is 13.5. The van der Waals surface area contributed by atoms with Crippen molar-refractivity contribution >= 4 is 17.5 Å². The average Bonchev–Trinajstić information content (AvgIpc) is 3.37. The molecule has 3 aromatic heterocycles. The van der Waals surface area contributed by atoms with Crippen molar-refractivity contribution < 1.29 is 22.8 Å². The summed E-state index contributed by atoms with van der Waals surface area (Å²) in [5.74, 6) is 0.444. The van der Waals surface area contributed by atoms with Crippen molar-refractivity contribution in [2.24, 2.45) is 0 Å². The van der Waals surface area contributed by atoms with Crippen LogP contribution < -0.4 is 0 Å². The Kier molecular flexibility index (Phi) is 4.79. The lowest BCUT2D eigenvalue weighted by Crippen LogP contribution is -2.39. The highest BCUT2D eigenvalue weighted by Gasteiger charge is 2.33. The van der Waals surface area contributed by atoms with Gasteiger partial charge in [-0.15, -0.1) is 0 Å². The summed E-state index contributed by atoms with van der Waals surface area (Å²) < 4.78 is 33.9. The van der Waals surface area contributed by atoms with E-state index in [2.05, 4.69) is 15.1 Å². The van der Waals surface area contributed by atoms with Crippen LogP contribution in [0.3, 0.4) is 0 Å². The number of aryl methyl sites for hydroxylation is 1. The first kappa shape index (κ1) is 19.8. The molecule has 10 heteroatoms. The van der Waals surface area contributed by atoms with Gasteiger partial charge in [0.25, 0.3) is 18.1 Å². The topological polar surface area (TPSA) is 93.6 Å². The van der Waals surface area contributed by atoms with Gasteiger partial charge >= 0.3 is 0 Å². The van der Waals surface area contributed by atoms with Crippen molar-refractivity contribution in [3.8, 4) is 0 Å². The third-order valence-electron chi connectivity index (χ3n) is 6.15. The van der Waals surface area contributed by atoms with Gasteiger partial charge in [0.1, 0.15) is 17.8 Å². The van der Waals surface area contributed by atoms with E-state index in [1.165, 1.54) is 12.4 Å². The molecule has 1 aliphatic heterocycles. The monoisotopic (exact) mass is 429 g/mol. The second-order valence-corrected chi connectivity index (χ2v) is 8.10. The molecule has 1 amide bonds. The summed E-state index contributed by atoms with van der Waals surface area (Å²) in [5, 5.41) is 3.82. The fourth-order valence-corrected chi connectivity index (χ4v) is 4.62. The summed E-state index contributed by atoms with van der Waals surface area (Å²) in [6, 6.07) is 1.35. The molecule has 0 N–H and O–H groups in total. The number of hydrogen-bond donors (Lipinski definition) is 0. The maximum Gasteiger partial charge on any atom is 0.289 e. The zero-order chi connectivity index (χ0) is 21.7. The predicted octanol–water partition coefficient (Wildman–Crippen LogP) is 3.50. The van der Waals surface area contributed by atoms with Crippen LogP contribution in [0.1, 0.15) is 81.7 Å². The Hall–Kier alpha value is -3.17. The summed E-state index contributed by atoms with van der Waals surface area (Å²) in [6.45, 7) is 2.61. The summed E-state index contributed by atoms with van der Waals surface area (Å²) in [6.07, 6.45) is 1.74. The molecular weight excluding hydrogens is 408 g/mol. The number of amides is 1. The zero-order valence-corrected chi connectivity index (χ0v) is 17.0. The van der Waals surface area contributed by atoms with Crippen LogP contribution in [-0.2, 0) is 6.42 Å². The Morgan fingerprint density at radius 1 is 1.29 bits per heavy atom. The third-order valence-corrected chi connectivity index (χ3v) is 6.15. The first-order valence-corrected chi connectivity index (χ1v) is 10.4. The van der Waals surface area contributed by atoms with Crippen LogP contribution >= 0.6 is 0 Å². The van der Waals surface area contributed by atoms with Crippen LogP contribution in [0.5, 0.6) is 0 Å². The van der Waals surface area contributed by atoms with Crippen LogP contribution in [-0.4, -0.2) is 49.3 Å². The molecule has 4 heterocycles. The Morgan fingerprint density at radius 3 is 2.90 bits per heavy atom. The van der Waals surface area contributed by atoms with E-state index in [0.29, 0.717) is 54.9 Å². The number of aromatic nitrogens is 4. The van der Waals surface area contributed by atoms with Crippen LogP contribution in [0.15, 0.2) is 16.8 Å². The van der Waals surface area contributed by atoms with Crippen molar-refractivity contribution in [3.05, 3.63) is 46.4 Å². The summed E-state index contributed by atoms with van der Waals surface area (Å²) >= 11 is 0. The number of alkyl halides is 2. The molecule has 162 valence electrons. The van der Waals surface area contributed by atoms with Gasteiger partial charge in [-0.1, -0.05) is 0 Å². The van der Waals surface area contributed by atoms with Crippen molar-refractivity contribution in [2.45, 2.75) is 51.4 Å². The Bertz CT molecular complexity index is 1190. The first-order chi connectivity index (χ1) is 14.9. The van der Waals surface area contributed by atoms with E-state index >= 15 is 0 Å². The molecule has 1 saturated heterocycles. The molecule has 0 radical (unpaired) electrons. The standard InChI is InChI=1S/C21H21F2N5O3/c1-11-17-15(29)5-2-6-16(17)31-18(11)20(30)27-7-3-4-12(9-27)13-8-14(19(22)23)28-21(26-13)24-10-25-28/h8,10,12,19H,2-7,9H2,1H3/t12-/m1/s1. The number of rotatable bonds is 3. The summed E-state index contributed by atoms with van der Waals surface area (Å²) in [4.78, 5) is 35.5. The second kappa shape index (κ2) is 7.51. The van der Waals surface area contributed by atoms with Gasteiger partial charge in [-0.25, -0.2) is 13.8 Å². The van der Waals surface area contributed by atoms with Gasteiger partial charge < -0.3 is 9.32 Å². The first-order valence-electron chi connectivity index (χ1n) is 10.4. The number of carbonyl (C=O) groups excluding carboxylic acids is 2. The van der Waals surface area contributed by atoms with E-state index in [-0.39, 0.29) is 34.8 Å². The van der Waals surface area contributed by atoms with E-state index in [9.17, 15) is 18.4 Å². The zero-order valence-electron chi connectivity index (χ0n) is 17.0. The molecule has 1 aliphatic carbocycles. The van der Waals surface area contributed by atoms with E-state index in [1.807, 2.05) is 0 Å². The van der Waals surface area contributed by atoms with Gasteiger partial charge in [-0.3, -0.25) is 9.59 Å². The minimum absolute atomic E-state index is 0.0170. The second-order valence-electron chi connectivity index (χ2n) is 8.10. The number of carbonyl (C=O) groups is 2. The number of furan rings is 1. The van der Waals surface area contributed by atoms with E-state index in [1.54, 1.807) is 11.8 Å². The SMILES string of the molecule is Cc1c(C(=O)N2CCC[C@@H](c3cc(C(F)F)n4ncnc4n3)C2)oc2c1C(=O)CCC2. The number of halogens is 2. The summed E-state index contributed by atoms with van der Waals surface area (Å²) in [5.41, 5.74) is 1.34. The Balaban J connectivity index is 1.43. The van der Waals surface area contributed by atoms with Gasteiger partial charge in [0.2, 0.25) is 0 Å². The molecule has 0 bridgehead atoms. The normalized spacial score (nSPS) is 19.3. The fraction of sp³-hybridized carbons (Fsp3) is 0.476. The molecule has 0 saturated carbocycles. The molecule has 3 aromatic rings. The maximum atomic E-state index is 13.5. The molecule has 1 atom stereocenters. The van der Waals surface area contributed by atoms with Crippen LogP contribution in [0, 0.1) is 6.92 Å². The minimum Gasteiger partial charge on any atom is -0.455 e. The predicted molar refractivity (Wildman–Crippen MR) is 104 cm³/mol. The van der Waals surface area contributed by atoms with Crippen LogP contribution in [0.4, 0.5) is 8.78 Å². The quantitative estimate of drug-likeness (QED) is 0.633. The highest BCUT2D eigenvalue weighted by Crippen LogP contribution is 2.33. The van der Waals surface area contributed by atoms with Gasteiger partial charge in [0.15, 0.2) is 11.5 Å². The summed E-state index contributed by atoms with van der Waals surface area (Å²) in [7, 11) is 0. The van der Waals surface area contributed by atoms with Crippen molar-refractivity contribution in [2.75, 3.05) is 13.1 Å². The number of hydrogen-bond acceptors (Lipinski definition) is 6. The molecule has 0 unspecified atom stereocenters. The minimum atomic E-state index is -2.72. The molecule has 5 rings (SSSR count). The fourth-order valence-electron chi connectivity index (χ4n) is 4.62. The van der Waals surface area contributed by atoms with E-state index < -0.39 is 6.43 Å². The molecule has 31 heavy (non-hydrogen) atoms. The van der Waals surface area contributed by atoms with Crippen LogP contribution in [0.25, 0.3) is 5.78 Å². The van der Waals surface area contributed by atoms with Gasteiger partial charge in [0, 0.05) is 37.4 Å². The number of ketones is 1. The number of nitrogens with zero attached hydrogens (tertiary/aromatic N) is 5. The smallest absolute Gasteiger partial charge is 0.289 e. The van der Waals surface area contributed by atoms with Crippen molar-refractivity contribution in [1.29, 1.82) is 0 Å². The molecular formula is C21H21F2N5O3. The molecule has 0 aromatic carbocycles. The average molecular weight is 429 g/mol. The van der Waals surface area contributed by atoms with Gasteiger partial charge in [0.05, 0.1) is 11.3 Å². The number of piperidine rings is 1. The lowest BCUT2D eigenvalue weighted by molar-refractivity contribution is 0.0669. The van der Waals surface area contributed by atoms with Crippen LogP contribution in [0.2, 0.25) is 0 Å². The number of likely N-dealkylation sites (tertiary alicyclic amines) is 1. The van der Waals surface area contributed by atoms with E-state index in [0.717, 1.165) is 17.4 Å². The Labute approximate surface area is 176 Å². The van der Waals surface area contributed by atoms with Crippen molar-refractivity contribution in [3.63, 3.8) is 0 Å². The number of fused-ring (bicyclic) bond motifs is 2. The Morgan fingerprint density at radius 2 is 2.13 bits per heavy atom.